The molecule has 0 aliphatic heterocycles. The number of rotatable bonds is 7. The van der Waals surface area contributed by atoms with Crippen molar-refractivity contribution in [3.8, 4) is 0 Å². The smallest absolute Gasteiger partial charge is 0.225 e. The third kappa shape index (κ3) is 3.13. The average Bonchev–Trinajstić information content (AvgIpc) is 2.81. The van der Waals surface area contributed by atoms with Crippen LogP contribution >= 0.6 is 0 Å². The summed E-state index contributed by atoms with van der Waals surface area (Å²) in [5, 5.41) is 0.893. The maximum Gasteiger partial charge on any atom is 0.225 e. The zero-order chi connectivity index (χ0) is 14.5. The molecule has 1 aromatic carbocycles. The Balaban J connectivity index is 2.23. The summed E-state index contributed by atoms with van der Waals surface area (Å²) in [4.78, 5) is 11.7. The predicted octanol–water partition coefficient (Wildman–Crippen LogP) is 3.55. The Morgan fingerprint density at radius 1 is 1.30 bits per heavy atom. The molecule has 1 atom stereocenters. The first kappa shape index (κ1) is 14.4. The van der Waals surface area contributed by atoms with Crippen molar-refractivity contribution < 1.29 is 9.21 Å². The van der Waals surface area contributed by atoms with Gasteiger partial charge in [0.25, 0.3) is 0 Å². The summed E-state index contributed by atoms with van der Waals surface area (Å²) >= 11 is 0. The van der Waals surface area contributed by atoms with E-state index in [0.717, 1.165) is 35.8 Å². The highest BCUT2D eigenvalue weighted by Crippen LogP contribution is 2.32. The van der Waals surface area contributed by atoms with E-state index >= 15 is 0 Å². The molecule has 0 saturated carbocycles. The number of carbonyl (C=O) groups excluding carboxylic acids is 1. The second kappa shape index (κ2) is 6.46. The molecule has 0 bridgehead atoms. The van der Waals surface area contributed by atoms with Crippen LogP contribution in [0.1, 0.15) is 50.5 Å². The van der Waals surface area contributed by atoms with Crippen molar-refractivity contribution in [1.82, 2.24) is 0 Å². The fraction of sp³-hybridized carbons (Fsp3) is 0.438. The Hall–Kier alpha value is -1.97. The molecule has 4 nitrogen and oxygen atoms in total. The number of nitrogens with two attached hydrogens (primary N) is 2. The minimum Gasteiger partial charge on any atom is -0.464 e. The van der Waals surface area contributed by atoms with E-state index in [1.54, 1.807) is 12.3 Å². The molecule has 108 valence electrons. The first-order valence-electron chi connectivity index (χ1n) is 7.19. The summed E-state index contributed by atoms with van der Waals surface area (Å²) in [6, 6.07) is 5.45. The number of fused-ring (bicyclic) bond motifs is 1. The van der Waals surface area contributed by atoms with Gasteiger partial charge in [-0.3, -0.25) is 4.79 Å². The van der Waals surface area contributed by atoms with Gasteiger partial charge in [0.1, 0.15) is 5.58 Å². The molecular formula is C16H22N2O2. The number of amides is 1. The van der Waals surface area contributed by atoms with E-state index in [1.165, 1.54) is 12.8 Å². The number of hydrogen-bond donors (Lipinski definition) is 2. The summed E-state index contributed by atoms with van der Waals surface area (Å²) in [6.45, 7) is 2.16. The van der Waals surface area contributed by atoms with E-state index in [0.29, 0.717) is 5.69 Å². The van der Waals surface area contributed by atoms with Gasteiger partial charge in [-0.1, -0.05) is 32.6 Å². The molecule has 0 aliphatic rings. The highest BCUT2D eigenvalue weighted by molar-refractivity contribution is 5.91. The number of benzene rings is 1. The largest absolute Gasteiger partial charge is 0.464 e. The lowest BCUT2D eigenvalue weighted by Crippen LogP contribution is -2.21. The molecule has 0 saturated heterocycles. The number of anilines is 1. The van der Waals surface area contributed by atoms with E-state index in [4.69, 9.17) is 15.9 Å². The minimum atomic E-state index is -0.299. The summed E-state index contributed by atoms with van der Waals surface area (Å²) in [5.41, 5.74) is 13.6. The lowest BCUT2D eigenvalue weighted by Gasteiger charge is -2.12. The number of hydrogen-bond acceptors (Lipinski definition) is 3. The van der Waals surface area contributed by atoms with Crippen molar-refractivity contribution >= 4 is 22.6 Å². The third-order valence-electron chi connectivity index (χ3n) is 3.69. The second-order valence-corrected chi connectivity index (χ2v) is 5.25. The van der Waals surface area contributed by atoms with Gasteiger partial charge in [-0.25, -0.2) is 0 Å². The minimum absolute atomic E-state index is 0.296. The van der Waals surface area contributed by atoms with Gasteiger partial charge in [-0.15, -0.1) is 0 Å². The van der Waals surface area contributed by atoms with Crippen molar-refractivity contribution in [1.29, 1.82) is 0 Å². The van der Waals surface area contributed by atoms with Crippen LogP contribution in [0.4, 0.5) is 5.69 Å². The van der Waals surface area contributed by atoms with Crippen LogP contribution in [-0.4, -0.2) is 5.91 Å². The molecule has 4 heteroatoms. The Morgan fingerprint density at radius 2 is 2.10 bits per heavy atom. The molecule has 4 N–H and O–H groups in total. The van der Waals surface area contributed by atoms with Gasteiger partial charge in [-0.05, 0) is 24.6 Å². The molecular weight excluding hydrogens is 252 g/mol. The van der Waals surface area contributed by atoms with Crippen LogP contribution in [0.15, 0.2) is 28.9 Å². The third-order valence-corrected chi connectivity index (χ3v) is 3.69. The van der Waals surface area contributed by atoms with E-state index in [1.807, 2.05) is 12.1 Å². The zero-order valence-corrected chi connectivity index (χ0v) is 11.9. The van der Waals surface area contributed by atoms with Gasteiger partial charge in [-0.2, -0.15) is 0 Å². The van der Waals surface area contributed by atoms with Crippen molar-refractivity contribution in [2.75, 3.05) is 5.73 Å². The highest BCUT2D eigenvalue weighted by Gasteiger charge is 2.22. The Morgan fingerprint density at radius 3 is 2.80 bits per heavy atom. The van der Waals surface area contributed by atoms with E-state index in [-0.39, 0.29) is 11.8 Å². The van der Waals surface area contributed by atoms with Crippen LogP contribution in [0.25, 0.3) is 11.0 Å². The van der Waals surface area contributed by atoms with Gasteiger partial charge in [0, 0.05) is 16.6 Å². The van der Waals surface area contributed by atoms with Crippen molar-refractivity contribution in [2.24, 2.45) is 5.73 Å². The molecule has 1 heterocycles. The van der Waals surface area contributed by atoms with Crippen LogP contribution < -0.4 is 11.5 Å². The van der Waals surface area contributed by atoms with Gasteiger partial charge in [0.05, 0.1) is 12.2 Å². The van der Waals surface area contributed by atoms with Gasteiger partial charge in [0.2, 0.25) is 5.91 Å². The van der Waals surface area contributed by atoms with Crippen molar-refractivity contribution in [3.63, 3.8) is 0 Å². The molecule has 2 rings (SSSR count). The molecule has 1 unspecified atom stereocenters. The maximum atomic E-state index is 11.7. The van der Waals surface area contributed by atoms with Crippen LogP contribution in [0.3, 0.4) is 0 Å². The molecule has 0 aliphatic carbocycles. The Labute approximate surface area is 119 Å². The van der Waals surface area contributed by atoms with E-state index in [2.05, 4.69) is 6.92 Å². The highest BCUT2D eigenvalue weighted by atomic mass is 16.3. The van der Waals surface area contributed by atoms with E-state index in [9.17, 15) is 4.79 Å². The Kier molecular flexibility index (Phi) is 4.66. The van der Waals surface area contributed by atoms with Crippen LogP contribution in [0.2, 0.25) is 0 Å². The lowest BCUT2D eigenvalue weighted by molar-refractivity contribution is -0.119. The monoisotopic (exact) mass is 274 g/mol. The predicted molar refractivity (Wildman–Crippen MR) is 81.3 cm³/mol. The van der Waals surface area contributed by atoms with Gasteiger partial charge < -0.3 is 15.9 Å². The number of unbranched alkanes of at least 4 members (excludes halogenated alkanes) is 3. The summed E-state index contributed by atoms with van der Waals surface area (Å²) in [7, 11) is 0. The fourth-order valence-corrected chi connectivity index (χ4v) is 2.56. The first-order valence-corrected chi connectivity index (χ1v) is 7.19. The number of nitrogen functional groups attached to an aromatic ring is 1. The second-order valence-electron chi connectivity index (χ2n) is 5.25. The number of primary amides is 1. The maximum absolute atomic E-state index is 11.7. The topological polar surface area (TPSA) is 82.2 Å². The molecule has 1 aromatic heterocycles. The fourth-order valence-electron chi connectivity index (χ4n) is 2.56. The van der Waals surface area contributed by atoms with Crippen LogP contribution in [-0.2, 0) is 4.79 Å². The number of carbonyl (C=O) groups is 1. The quantitative estimate of drug-likeness (QED) is 0.598. The first-order chi connectivity index (χ1) is 9.63. The lowest BCUT2D eigenvalue weighted by atomic mass is 9.92. The molecule has 2 aromatic rings. The van der Waals surface area contributed by atoms with E-state index < -0.39 is 0 Å². The average molecular weight is 274 g/mol. The van der Waals surface area contributed by atoms with Crippen LogP contribution in [0, 0.1) is 0 Å². The van der Waals surface area contributed by atoms with Crippen LogP contribution in [0.5, 0.6) is 0 Å². The summed E-state index contributed by atoms with van der Waals surface area (Å²) < 4.78 is 5.50. The molecule has 0 spiro atoms. The SMILES string of the molecule is CCCCCCC(C(N)=O)c1coc2ccc(N)cc12. The number of furan rings is 1. The standard InChI is InChI=1S/C16H22N2O2/c1-2-3-4-5-6-12(16(18)19)14-10-20-15-8-7-11(17)9-13(14)15/h7-10,12H,2-6,17H2,1H3,(H2,18,19). The van der Waals surface area contributed by atoms with Gasteiger partial charge in [0.15, 0.2) is 0 Å². The summed E-state index contributed by atoms with van der Waals surface area (Å²) in [5.74, 6) is -0.596. The van der Waals surface area contributed by atoms with Crippen molar-refractivity contribution in [2.45, 2.75) is 44.9 Å². The molecule has 20 heavy (non-hydrogen) atoms. The molecule has 0 fully saturated rings. The Bertz CT molecular complexity index is 589. The zero-order valence-electron chi connectivity index (χ0n) is 11.9. The molecule has 1 amide bonds. The molecule has 0 radical (unpaired) electrons. The van der Waals surface area contributed by atoms with Gasteiger partial charge >= 0.3 is 0 Å². The van der Waals surface area contributed by atoms with Crippen molar-refractivity contribution in [3.05, 3.63) is 30.0 Å². The normalized spacial score (nSPS) is 12.7. The summed E-state index contributed by atoms with van der Waals surface area (Å²) in [6.07, 6.45) is 6.88.